The normalized spacial score (nSPS) is 15.9. The van der Waals surface area contributed by atoms with Crippen LogP contribution >= 0.6 is 0 Å². The standard InChI is InChI=1S/C23H26N2O3/c1-2-27-21-12-8-9-17-15-18(16-28-22(17)21)23(26)24-19-10-4-5-11-20(19)25-13-6-3-7-14-25/h4-5,8-12,15H,2-3,6-7,13-14,16H2,1H3,(H,24,26). The molecule has 146 valence electrons. The minimum absolute atomic E-state index is 0.128. The largest absolute Gasteiger partial charge is 0.490 e. The van der Waals surface area contributed by atoms with Gasteiger partial charge in [-0.2, -0.15) is 0 Å². The van der Waals surface area contributed by atoms with Crippen molar-refractivity contribution >= 4 is 23.4 Å². The van der Waals surface area contributed by atoms with Crippen LogP contribution in [0.4, 0.5) is 11.4 Å². The number of fused-ring (bicyclic) bond motifs is 1. The van der Waals surface area contributed by atoms with E-state index in [0.717, 1.165) is 30.0 Å². The van der Waals surface area contributed by atoms with Crippen LogP contribution < -0.4 is 19.7 Å². The van der Waals surface area contributed by atoms with E-state index in [1.165, 1.54) is 19.3 Å². The van der Waals surface area contributed by atoms with Crippen LogP contribution in [0.25, 0.3) is 6.08 Å². The molecule has 2 aliphatic heterocycles. The monoisotopic (exact) mass is 378 g/mol. The van der Waals surface area contributed by atoms with Crippen molar-refractivity contribution in [1.82, 2.24) is 0 Å². The third-order valence-electron chi connectivity index (χ3n) is 5.15. The molecule has 1 amide bonds. The fourth-order valence-electron chi connectivity index (χ4n) is 3.77. The molecule has 1 fully saturated rings. The van der Waals surface area contributed by atoms with E-state index in [1.54, 1.807) is 0 Å². The molecule has 5 nitrogen and oxygen atoms in total. The zero-order valence-corrected chi connectivity index (χ0v) is 16.2. The summed E-state index contributed by atoms with van der Waals surface area (Å²) in [6, 6.07) is 13.8. The van der Waals surface area contributed by atoms with Crippen LogP contribution in [0.2, 0.25) is 0 Å². The molecule has 2 aromatic rings. The number of carbonyl (C=O) groups excluding carboxylic acids is 1. The van der Waals surface area contributed by atoms with Gasteiger partial charge in [0, 0.05) is 18.7 Å². The van der Waals surface area contributed by atoms with Crippen molar-refractivity contribution in [1.29, 1.82) is 0 Å². The van der Waals surface area contributed by atoms with Crippen LogP contribution in [0.5, 0.6) is 11.5 Å². The summed E-state index contributed by atoms with van der Waals surface area (Å²) in [6.07, 6.45) is 5.55. The second kappa shape index (κ2) is 8.38. The van der Waals surface area contributed by atoms with Crippen LogP contribution in [0, 0.1) is 0 Å². The van der Waals surface area contributed by atoms with Gasteiger partial charge < -0.3 is 19.7 Å². The maximum absolute atomic E-state index is 12.9. The maximum Gasteiger partial charge on any atom is 0.255 e. The van der Waals surface area contributed by atoms with Crippen LogP contribution in [0.1, 0.15) is 31.7 Å². The van der Waals surface area contributed by atoms with Gasteiger partial charge in [-0.05, 0) is 50.5 Å². The van der Waals surface area contributed by atoms with Gasteiger partial charge in [0.1, 0.15) is 6.61 Å². The second-order valence-electron chi connectivity index (χ2n) is 7.08. The topological polar surface area (TPSA) is 50.8 Å². The molecule has 1 N–H and O–H groups in total. The van der Waals surface area contributed by atoms with E-state index in [2.05, 4.69) is 16.3 Å². The third kappa shape index (κ3) is 3.84. The first-order valence-corrected chi connectivity index (χ1v) is 10.0. The highest BCUT2D eigenvalue weighted by Crippen LogP contribution is 2.36. The van der Waals surface area contributed by atoms with Crippen molar-refractivity contribution < 1.29 is 14.3 Å². The average Bonchev–Trinajstić information content (AvgIpc) is 2.75. The predicted octanol–water partition coefficient (Wildman–Crippen LogP) is 4.49. The SMILES string of the molecule is CCOc1cccc2c1OCC(C(=O)Nc1ccccc1N1CCCCC1)=C2. The molecular weight excluding hydrogens is 352 g/mol. The number of ether oxygens (including phenoxy) is 2. The van der Waals surface area contributed by atoms with Gasteiger partial charge in [0.15, 0.2) is 11.5 Å². The van der Waals surface area contributed by atoms with Gasteiger partial charge in [0.05, 0.1) is 23.6 Å². The Hall–Kier alpha value is -2.95. The first-order chi connectivity index (χ1) is 13.8. The van der Waals surface area contributed by atoms with Crippen molar-refractivity contribution in [2.45, 2.75) is 26.2 Å². The summed E-state index contributed by atoms with van der Waals surface area (Å²) in [6.45, 7) is 4.81. The summed E-state index contributed by atoms with van der Waals surface area (Å²) in [4.78, 5) is 15.3. The Morgan fingerprint density at radius 3 is 2.75 bits per heavy atom. The van der Waals surface area contributed by atoms with E-state index in [0.29, 0.717) is 23.7 Å². The van der Waals surface area contributed by atoms with Crippen molar-refractivity contribution in [2.24, 2.45) is 0 Å². The predicted molar refractivity (Wildman–Crippen MR) is 112 cm³/mol. The molecule has 2 aromatic carbocycles. The van der Waals surface area contributed by atoms with Crippen LogP contribution in [-0.2, 0) is 4.79 Å². The zero-order chi connectivity index (χ0) is 19.3. The van der Waals surface area contributed by atoms with Gasteiger partial charge in [-0.25, -0.2) is 0 Å². The summed E-state index contributed by atoms with van der Waals surface area (Å²) in [5.41, 5.74) is 3.41. The summed E-state index contributed by atoms with van der Waals surface area (Å²) in [5, 5.41) is 3.09. The molecular formula is C23H26N2O3. The van der Waals surface area contributed by atoms with Crippen molar-refractivity contribution in [3.8, 4) is 11.5 Å². The number of hydrogen-bond donors (Lipinski definition) is 1. The fourth-order valence-corrected chi connectivity index (χ4v) is 3.77. The average molecular weight is 378 g/mol. The van der Waals surface area contributed by atoms with Gasteiger partial charge >= 0.3 is 0 Å². The van der Waals surface area contributed by atoms with Crippen molar-refractivity contribution in [2.75, 3.05) is 36.5 Å². The Bertz CT molecular complexity index is 885. The minimum atomic E-state index is -0.128. The van der Waals surface area contributed by atoms with Gasteiger partial charge in [-0.3, -0.25) is 4.79 Å². The zero-order valence-electron chi connectivity index (χ0n) is 16.2. The number of carbonyl (C=O) groups is 1. The van der Waals surface area contributed by atoms with Crippen molar-refractivity contribution in [3.05, 3.63) is 53.6 Å². The molecule has 4 rings (SSSR count). The lowest BCUT2D eigenvalue weighted by atomic mass is 10.1. The van der Waals surface area contributed by atoms with Gasteiger partial charge in [0.2, 0.25) is 0 Å². The molecule has 0 aliphatic carbocycles. The van der Waals surface area contributed by atoms with E-state index in [-0.39, 0.29) is 12.5 Å². The number of rotatable bonds is 5. The number of anilines is 2. The van der Waals surface area contributed by atoms with E-state index in [9.17, 15) is 4.79 Å². The number of nitrogens with one attached hydrogen (secondary N) is 1. The van der Waals surface area contributed by atoms with Crippen LogP contribution in [0.3, 0.4) is 0 Å². The first kappa shape index (κ1) is 18.4. The highest BCUT2D eigenvalue weighted by Gasteiger charge is 2.22. The van der Waals surface area contributed by atoms with E-state index in [4.69, 9.17) is 9.47 Å². The summed E-state index contributed by atoms with van der Waals surface area (Å²) in [5.74, 6) is 1.29. The Morgan fingerprint density at radius 2 is 1.93 bits per heavy atom. The molecule has 28 heavy (non-hydrogen) atoms. The Morgan fingerprint density at radius 1 is 1.11 bits per heavy atom. The Labute approximate surface area is 165 Å². The van der Waals surface area contributed by atoms with E-state index < -0.39 is 0 Å². The van der Waals surface area contributed by atoms with Crippen molar-refractivity contribution in [3.63, 3.8) is 0 Å². The molecule has 2 heterocycles. The second-order valence-corrected chi connectivity index (χ2v) is 7.08. The molecule has 5 heteroatoms. The van der Waals surface area contributed by atoms with Crippen LogP contribution in [-0.4, -0.2) is 32.2 Å². The molecule has 0 saturated carbocycles. The van der Waals surface area contributed by atoms with Crippen LogP contribution in [0.15, 0.2) is 48.0 Å². The molecule has 1 saturated heterocycles. The summed E-state index contributed by atoms with van der Waals surface area (Å²) < 4.78 is 11.5. The number of para-hydroxylation sites is 3. The summed E-state index contributed by atoms with van der Waals surface area (Å²) in [7, 11) is 0. The summed E-state index contributed by atoms with van der Waals surface area (Å²) >= 11 is 0. The molecule has 0 aromatic heterocycles. The van der Waals surface area contributed by atoms with E-state index >= 15 is 0 Å². The third-order valence-corrected chi connectivity index (χ3v) is 5.15. The molecule has 2 aliphatic rings. The van der Waals surface area contributed by atoms with Gasteiger partial charge in [-0.15, -0.1) is 0 Å². The quantitative estimate of drug-likeness (QED) is 0.833. The Kier molecular flexibility index (Phi) is 5.51. The maximum atomic E-state index is 12.9. The molecule has 0 atom stereocenters. The minimum Gasteiger partial charge on any atom is -0.490 e. The fraction of sp³-hybridized carbons (Fsp3) is 0.348. The number of benzene rings is 2. The number of amides is 1. The van der Waals surface area contributed by atoms with Gasteiger partial charge in [-0.1, -0.05) is 24.3 Å². The lowest BCUT2D eigenvalue weighted by molar-refractivity contribution is -0.113. The van der Waals surface area contributed by atoms with E-state index in [1.807, 2.05) is 49.4 Å². The number of nitrogens with zero attached hydrogens (tertiary/aromatic N) is 1. The Balaban J connectivity index is 1.54. The molecule has 0 spiro atoms. The van der Waals surface area contributed by atoms with Gasteiger partial charge in [0.25, 0.3) is 5.91 Å². The smallest absolute Gasteiger partial charge is 0.255 e. The lowest BCUT2D eigenvalue weighted by Crippen LogP contribution is -2.30. The molecule has 0 radical (unpaired) electrons. The number of hydrogen-bond acceptors (Lipinski definition) is 4. The number of piperidine rings is 1. The molecule has 0 bridgehead atoms. The molecule has 0 unspecified atom stereocenters. The lowest BCUT2D eigenvalue weighted by Gasteiger charge is -2.30. The first-order valence-electron chi connectivity index (χ1n) is 10.0. The highest BCUT2D eigenvalue weighted by atomic mass is 16.5. The highest BCUT2D eigenvalue weighted by molar-refractivity contribution is 6.09.